The molecule has 8 nitrogen and oxygen atoms in total. The van der Waals surface area contributed by atoms with Crippen LogP contribution in [-0.4, -0.2) is 32.0 Å². The van der Waals surface area contributed by atoms with Gasteiger partial charge in [0.2, 0.25) is 5.13 Å². The van der Waals surface area contributed by atoms with Crippen LogP contribution >= 0.6 is 34.7 Å². The molecule has 0 aliphatic carbocycles. The van der Waals surface area contributed by atoms with Gasteiger partial charge >= 0.3 is 5.91 Å². The van der Waals surface area contributed by atoms with Gasteiger partial charge in [-0.05, 0) is 71.6 Å². The molecule has 1 atom stereocenters. The summed E-state index contributed by atoms with van der Waals surface area (Å²) in [6, 6.07) is 24.8. The fourth-order valence-corrected chi connectivity index (χ4v) is 6.71. The summed E-state index contributed by atoms with van der Waals surface area (Å²) in [5.74, 6) is -0.689. The number of rotatable bonds is 9. The van der Waals surface area contributed by atoms with Crippen molar-refractivity contribution >= 4 is 57.3 Å². The third-order valence-corrected chi connectivity index (χ3v) is 9.48. The quantitative estimate of drug-likeness (QED) is 0.0584. The Morgan fingerprint density at radius 1 is 1.00 bits per heavy atom. The first-order chi connectivity index (χ1) is 21.4. The normalized spacial score (nSPS) is 16.0. The molecule has 0 radical (unpaired) electrons. The molecule has 3 heterocycles. The number of aromatic nitrogens is 3. The Bertz CT molecular complexity index is 1840. The summed E-state index contributed by atoms with van der Waals surface area (Å²) < 4.78 is 6.56. The van der Waals surface area contributed by atoms with Crippen molar-refractivity contribution in [1.29, 1.82) is 0 Å². The van der Waals surface area contributed by atoms with Crippen LogP contribution in [0.3, 0.4) is 0 Å². The van der Waals surface area contributed by atoms with E-state index in [-0.39, 0.29) is 16.5 Å². The second kappa shape index (κ2) is 13.0. The highest BCUT2D eigenvalue weighted by Crippen LogP contribution is 2.44. The van der Waals surface area contributed by atoms with E-state index in [1.165, 1.54) is 28.0 Å². The molecule has 220 valence electrons. The predicted molar refractivity (Wildman–Crippen MR) is 172 cm³/mol. The zero-order chi connectivity index (χ0) is 30.6. The summed E-state index contributed by atoms with van der Waals surface area (Å²) >= 11 is 8.65. The molecule has 0 bridgehead atoms. The van der Waals surface area contributed by atoms with Crippen molar-refractivity contribution in [1.82, 2.24) is 15.2 Å². The zero-order valence-electron chi connectivity index (χ0n) is 23.4. The molecular formula is C33H25ClN4O4S2. The number of halogens is 1. The van der Waals surface area contributed by atoms with Crippen LogP contribution in [0.2, 0.25) is 5.02 Å². The highest BCUT2D eigenvalue weighted by molar-refractivity contribution is 8.00. The number of nitrogens with zero attached hydrogens (tertiary/aromatic N) is 4. The first-order valence-corrected chi connectivity index (χ1v) is 15.8. The summed E-state index contributed by atoms with van der Waals surface area (Å²) in [6.07, 6.45) is 3.17. The van der Waals surface area contributed by atoms with E-state index < -0.39 is 17.7 Å². The maximum Gasteiger partial charge on any atom is 0.301 e. The predicted octanol–water partition coefficient (Wildman–Crippen LogP) is 7.39. The van der Waals surface area contributed by atoms with Crippen LogP contribution < -0.4 is 9.64 Å². The minimum Gasteiger partial charge on any atom is -0.507 e. The number of ether oxygens (including phenoxy) is 1. The van der Waals surface area contributed by atoms with Crippen molar-refractivity contribution in [3.8, 4) is 5.75 Å². The SMILES string of the molecule is Cc1ccccc1COc1ccc(/C(O)=C2\C(=O)C(=O)N(c3nnc(SCc4ccc(Cl)cc4)s3)C2c2cccnc2)cc1. The van der Waals surface area contributed by atoms with Gasteiger partial charge in [0, 0.05) is 28.7 Å². The number of Topliss-reactive ketones (excluding diaryl/α,β-unsaturated/α-hetero) is 1. The van der Waals surface area contributed by atoms with E-state index in [0.29, 0.717) is 38.6 Å². The van der Waals surface area contributed by atoms with Crippen molar-refractivity contribution < 1.29 is 19.4 Å². The van der Waals surface area contributed by atoms with Crippen LogP contribution in [0.4, 0.5) is 5.13 Å². The van der Waals surface area contributed by atoms with Gasteiger partial charge in [0.25, 0.3) is 5.78 Å². The molecule has 1 aliphatic heterocycles. The van der Waals surface area contributed by atoms with Crippen molar-refractivity contribution in [3.05, 3.63) is 136 Å². The van der Waals surface area contributed by atoms with Gasteiger partial charge in [0.05, 0.1) is 11.6 Å². The fourth-order valence-electron chi connectivity index (χ4n) is 4.76. The van der Waals surface area contributed by atoms with E-state index in [1.807, 2.05) is 55.5 Å². The Morgan fingerprint density at radius 2 is 1.77 bits per heavy atom. The van der Waals surface area contributed by atoms with Crippen LogP contribution in [-0.2, 0) is 21.9 Å². The third kappa shape index (κ3) is 6.23. The zero-order valence-corrected chi connectivity index (χ0v) is 25.8. The largest absolute Gasteiger partial charge is 0.507 e. The maximum absolute atomic E-state index is 13.5. The Labute approximate surface area is 267 Å². The van der Waals surface area contributed by atoms with Crippen molar-refractivity contribution in [2.45, 2.75) is 29.7 Å². The highest BCUT2D eigenvalue weighted by Gasteiger charge is 2.48. The average molecular weight is 641 g/mol. The monoisotopic (exact) mass is 640 g/mol. The second-order valence-corrected chi connectivity index (χ2v) is 12.6. The third-order valence-electron chi connectivity index (χ3n) is 7.11. The topological polar surface area (TPSA) is 106 Å². The Hall–Kier alpha value is -4.51. The number of aliphatic hydroxyl groups is 1. The first kappa shape index (κ1) is 29.6. The molecular weight excluding hydrogens is 616 g/mol. The number of aryl methyl sites for hydroxylation is 1. The molecule has 2 aromatic heterocycles. The summed E-state index contributed by atoms with van der Waals surface area (Å²) in [6.45, 7) is 2.42. The van der Waals surface area contributed by atoms with Crippen LogP contribution in [0.5, 0.6) is 5.75 Å². The number of anilines is 1. The van der Waals surface area contributed by atoms with Gasteiger partial charge < -0.3 is 9.84 Å². The summed E-state index contributed by atoms with van der Waals surface area (Å²) in [4.78, 5) is 32.4. The Morgan fingerprint density at radius 3 is 2.50 bits per heavy atom. The van der Waals surface area contributed by atoms with Crippen LogP contribution in [0.1, 0.15) is 33.9 Å². The van der Waals surface area contributed by atoms with Gasteiger partial charge in [-0.1, -0.05) is 77.2 Å². The van der Waals surface area contributed by atoms with Gasteiger partial charge in [-0.3, -0.25) is 19.5 Å². The molecule has 5 aromatic rings. The van der Waals surface area contributed by atoms with E-state index >= 15 is 0 Å². The lowest BCUT2D eigenvalue weighted by molar-refractivity contribution is -0.132. The number of thioether (sulfide) groups is 1. The minimum absolute atomic E-state index is 0.0536. The molecule has 1 fully saturated rings. The molecule has 1 aliphatic rings. The lowest BCUT2D eigenvalue weighted by Crippen LogP contribution is -2.29. The molecule has 11 heteroatoms. The number of hydrogen-bond acceptors (Lipinski definition) is 9. The van der Waals surface area contributed by atoms with Gasteiger partial charge in [0.1, 0.15) is 18.1 Å². The first-order valence-electron chi connectivity index (χ1n) is 13.6. The summed E-state index contributed by atoms with van der Waals surface area (Å²) in [5, 5.41) is 20.9. The summed E-state index contributed by atoms with van der Waals surface area (Å²) in [7, 11) is 0. The van der Waals surface area contributed by atoms with Crippen molar-refractivity contribution in [2.24, 2.45) is 0 Å². The van der Waals surface area contributed by atoms with E-state index in [1.54, 1.807) is 48.8 Å². The van der Waals surface area contributed by atoms with Gasteiger partial charge in [-0.2, -0.15) is 0 Å². The number of ketones is 1. The number of amides is 1. The van der Waals surface area contributed by atoms with Crippen LogP contribution in [0, 0.1) is 6.92 Å². The van der Waals surface area contributed by atoms with Crippen molar-refractivity contribution in [3.63, 3.8) is 0 Å². The number of hydrogen-bond donors (Lipinski definition) is 1. The van der Waals surface area contributed by atoms with E-state index in [2.05, 4.69) is 15.2 Å². The summed E-state index contributed by atoms with van der Waals surface area (Å²) in [5.41, 5.74) is 4.12. The van der Waals surface area contributed by atoms with Gasteiger partial charge in [0.15, 0.2) is 4.34 Å². The molecule has 1 saturated heterocycles. The van der Waals surface area contributed by atoms with E-state index in [4.69, 9.17) is 16.3 Å². The number of pyridine rings is 1. The van der Waals surface area contributed by atoms with Gasteiger partial charge in [-0.25, -0.2) is 0 Å². The number of aliphatic hydroxyl groups excluding tert-OH is 1. The van der Waals surface area contributed by atoms with Crippen LogP contribution in [0.15, 0.2) is 107 Å². The number of carbonyl (C=O) groups excluding carboxylic acids is 2. The Balaban J connectivity index is 1.28. The van der Waals surface area contributed by atoms with Crippen molar-refractivity contribution in [2.75, 3.05) is 4.90 Å². The molecule has 44 heavy (non-hydrogen) atoms. The Kier molecular flexibility index (Phi) is 8.74. The standard InChI is InChI=1S/C33H25ClN4O4S2/c1-20-5-2-3-6-24(20)18-42-26-14-10-22(11-15-26)29(39)27-28(23-7-4-16-35-17-23)38(31(41)30(27)40)32-36-37-33(44-32)43-19-21-8-12-25(34)13-9-21/h2-17,28,39H,18-19H2,1H3/b29-27+. The molecule has 0 saturated carbocycles. The maximum atomic E-state index is 13.5. The molecule has 3 aromatic carbocycles. The molecule has 1 unspecified atom stereocenters. The van der Waals surface area contributed by atoms with E-state index in [9.17, 15) is 14.7 Å². The second-order valence-electron chi connectivity index (χ2n) is 9.96. The number of carbonyl (C=O) groups is 2. The average Bonchev–Trinajstić information content (AvgIpc) is 3.62. The smallest absolute Gasteiger partial charge is 0.301 e. The van der Waals surface area contributed by atoms with E-state index in [0.717, 1.165) is 16.7 Å². The van der Waals surface area contributed by atoms with Gasteiger partial charge in [-0.15, -0.1) is 10.2 Å². The fraction of sp³-hybridized carbons (Fsp3) is 0.121. The van der Waals surface area contributed by atoms with Crippen LogP contribution in [0.25, 0.3) is 5.76 Å². The molecule has 0 spiro atoms. The molecule has 6 rings (SSSR count). The molecule has 1 amide bonds. The number of benzene rings is 3. The minimum atomic E-state index is -0.942. The lowest BCUT2D eigenvalue weighted by Gasteiger charge is -2.22. The molecule has 1 N–H and O–H groups in total. The highest BCUT2D eigenvalue weighted by atomic mass is 35.5. The lowest BCUT2D eigenvalue weighted by atomic mass is 9.96.